The molecule has 5 nitrogen and oxygen atoms in total. The highest BCUT2D eigenvalue weighted by Gasteiger charge is 2.03. The van der Waals surface area contributed by atoms with Gasteiger partial charge in [0.05, 0.1) is 12.4 Å². The Hall–Kier alpha value is -2.04. The fourth-order valence-corrected chi connectivity index (χ4v) is 1.07. The number of hydrogen-bond acceptors (Lipinski definition) is 4. The predicted molar refractivity (Wildman–Crippen MR) is 47.4 cm³/mol. The van der Waals surface area contributed by atoms with Gasteiger partial charge < -0.3 is 10.8 Å². The molecule has 0 atom stereocenters. The molecule has 1 heterocycles. The molecule has 0 saturated carbocycles. The maximum Gasteiger partial charge on any atom is 0.143 e. The number of aromatic hydroxyl groups is 1. The van der Waals surface area contributed by atoms with E-state index in [1.165, 1.54) is 16.9 Å². The monoisotopic (exact) mass is 176 g/mol. The second-order valence-corrected chi connectivity index (χ2v) is 2.60. The summed E-state index contributed by atoms with van der Waals surface area (Å²) in [6.07, 6.45) is 3.18. The molecule has 2 aromatic rings. The Balaban J connectivity index is 2.53. The summed E-state index contributed by atoms with van der Waals surface area (Å²) in [6, 6.07) is 4.84. The van der Waals surface area contributed by atoms with Crippen molar-refractivity contribution in [2.45, 2.75) is 0 Å². The Bertz CT molecular complexity index is 410. The Morgan fingerprint density at radius 2 is 2.23 bits per heavy atom. The van der Waals surface area contributed by atoms with E-state index in [4.69, 9.17) is 5.73 Å². The summed E-state index contributed by atoms with van der Waals surface area (Å²) < 4.78 is 1.47. The minimum Gasteiger partial charge on any atom is -0.506 e. The number of nitrogens with zero attached hydrogens (tertiary/aromatic N) is 3. The van der Waals surface area contributed by atoms with Gasteiger partial charge in [0, 0.05) is 11.8 Å². The third-order valence-corrected chi connectivity index (χ3v) is 1.67. The van der Waals surface area contributed by atoms with Crippen molar-refractivity contribution in [2.24, 2.45) is 0 Å². The van der Waals surface area contributed by atoms with Crippen LogP contribution in [0.15, 0.2) is 30.6 Å². The van der Waals surface area contributed by atoms with Gasteiger partial charge in [-0.3, -0.25) is 0 Å². The maximum atomic E-state index is 9.49. The van der Waals surface area contributed by atoms with Gasteiger partial charge in [-0.05, 0) is 12.1 Å². The quantitative estimate of drug-likeness (QED) is 0.622. The van der Waals surface area contributed by atoms with Gasteiger partial charge >= 0.3 is 0 Å². The zero-order valence-electron chi connectivity index (χ0n) is 6.75. The number of rotatable bonds is 1. The summed E-state index contributed by atoms with van der Waals surface area (Å²) in [6.45, 7) is 0. The van der Waals surface area contributed by atoms with Crippen molar-refractivity contribution >= 4 is 5.69 Å². The van der Waals surface area contributed by atoms with Crippen LogP contribution in [-0.4, -0.2) is 20.1 Å². The highest BCUT2D eigenvalue weighted by molar-refractivity contribution is 5.54. The van der Waals surface area contributed by atoms with E-state index in [1.54, 1.807) is 18.3 Å². The van der Waals surface area contributed by atoms with Crippen LogP contribution in [0.1, 0.15) is 0 Å². The molecule has 0 aliphatic carbocycles. The number of anilines is 1. The standard InChI is InChI=1S/C8H8N4O/c9-6-1-2-7(8(13)5-6)12-4-3-10-11-12/h1-5,13H,9H2. The van der Waals surface area contributed by atoms with Gasteiger partial charge in [-0.2, -0.15) is 0 Å². The van der Waals surface area contributed by atoms with Crippen molar-refractivity contribution in [1.29, 1.82) is 0 Å². The third kappa shape index (κ3) is 1.31. The van der Waals surface area contributed by atoms with Crippen molar-refractivity contribution in [1.82, 2.24) is 15.0 Å². The zero-order valence-corrected chi connectivity index (χ0v) is 6.75. The molecule has 0 aliphatic heterocycles. The van der Waals surface area contributed by atoms with Crippen molar-refractivity contribution in [3.8, 4) is 11.4 Å². The van der Waals surface area contributed by atoms with Crippen LogP contribution in [0.4, 0.5) is 5.69 Å². The molecule has 2 rings (SSSR count). The molecule has 13 heavy (non-hydrogen) atoms. The fourth-order valence-electron chi connectivity index (χ4n) is 1.07. The van der Waals surface area contributed by atoms with E-state index in [9.17, 15) is 5.11 Å². The molecule has 0 bridgehead atoms. The fraction of sp³-hybridized carbons (Fsp3) is 0. The number of aromatic nitrogens is 3. The molecule has 0 saturated heterocycles. The first-order valence-corrected chi connectivity index (χ1v) is 3.72. The Morgan fingerprint density at radius 3 is 2.85 bits per heavy atom. The van der Waals surface area contributed by atoms with Crippen LogP contribution in [0.25, 0.3) is 5.69 Å². The SMILES string of the molecule is Nc1ccc(-n2ccnn2)c(O)c1. The van der Waals surface area contributed by atoms with Gasteiger partial charge in [0.1, 0.15) is 11.4 Å². The molecular weight excluding hydrogens is 168 g/mol. The van der Waals surface area contributed by atoms with Crippen LogP contribution in [0.2, 0.25) is 0 Å². The highest BCUT2D eigenvalue weighted by atomic mass is 16.3. The molecule has 0 spiro atoms. The van der Waals surface area contributed by atoms with E-state index in [0.29, 0.717) is 11.4 Å². The van der Waals surface area contributed by atoms with E-state index in [0.717, 1.165) is 0 Å². The van der Waals surface area contributed by atoms with Crippen LogP contribution in [0.3, 0.4) is 0 Å². The molecule has 1 aromatic heterocycles. The van der Waals surface area contributed by atoms with Crippen molar-refractivity contribution in [3.63, 3.8) is 0 Å². The number of nitrogen functional groups attached to an aromatic ring is 1. The lowest BCUT2D eigenvalue weighted by Gasteiger charge is -2.03. The summed E-state index contributed by atoms with van der Waals surface area (Å²) in [5, 5.41) is 16.9. The Morgan fingerprint density at radius 1 is 1.38 bits per heavy atom. The summed E-state index contributed by atoms with van der Waals surface area (Å²) in [7, 11) is 0. The molecule has 3 N–H and O–H groups in total. The minimum absolute atomic E-state index is 0.0884. The lowest BCUT2D eigenvalue weighted by molar-refractivity contribution is 0.470. The average molecular weight is 176 g/mol. The molecule has 5 heteroatoms. The smallest absolute Gasteiger partial charge is 0.143 e. The molecule has 0 unspecified atom stereocenters. The maximum absolute atomic E-state index is 9.49. The van der Waals surface area contributed by atoms with Gasteiger partial charge in [0.15, 0.2) is 0 Å². The zero-order chi connectivity index (χ0) is 9.26. The number of hydrogen-bond donors (Lipinski definition) is 2. The van der Waals surface area contributed by atoms with Crippen molar-refractivity contribution < 1.29 is 5.11 Å². The summed E-state index contributed by atoms with van der Waals surface area (Å²) in [5.74, 6) is 0.0884. The topological polar surface area (TPSA) is 77.0 Å². The first-order valence-electron chi connectivity index (χ1n) is 3.72. The normalized spacial score (nSPS) is 10.2. The lowest BCUT2D eigenvalue weighted by Crippen LogP contribution is -1.96. The van der Waals surface area contributed by atoms with E-state index in [2.05, 4.69) is 10.3 Å². The molecule has 1 aromatic carbocycles. The van der Waals surface area contributed by atoms with Gasteiger partial charge in [-0.15, -0.1) is 5.10 Å². The van der Waals surface area contributed by atoms with Crippen LogP contribution in [0, 0.1) is 0 Å². The first kappa shape index (κ1) is 7.60. The van der Waals surface area contributed by atoms with E-state index < -0.39 is 0 Å². The Labute approximate surface area is 74.4 Å². The second-order valence-electron chi connectivity index (χ2n) is 2.60. The summed E-state index contributed by atoms with van der Waals surface area (Å²) in [5.41, 5.74) is 6.55. The minimum atomic E-state index is 0.0884. The van der Waals surface area contributed by atoms with Crippen LogP contribution in [0.5, 0.6) is 5.75 Å². The van der Waals surface area contributed by atoms with Crippen LogP contribution < -0.4 is 5.73 Å². The summed E-state index contributed by atoms with van der Waals surface area (Å²) in [4.78, 5) is 0. The van der Waals surface area contributed by atoms with E-state index in [1.807, 2.05) is 0 Å². The van der Waals surface area contributed by atoms with E-state index >= 15 is 0 Å². The molecule has 0 fully saturated rings. The molecule has 0 aliphatic rings. The lowest BCUT2D eigenvalue weighted by atomic mass is 10.2. The first-order chi connectivity index (χ1) is 6.27. The average Bonchev–Trinajstić information content (AvgIpc) is 2.56. The van der Waals surface area contributed by atoms with Crippen molar-refractivity contribution in [3.05, 3.63) is 30.6 Å². The highest BCUT2D eigenvalue weighted by Crippen LogP contribution is 2.22. The number of nitrogens with two attached hydrogens (primary N) is 1. The molecular formula is C8H8N4O. The number of phenolic OH excluding ortho intramolecular Hbond substituents is 1. The molecule has 66 valence electrons. The largest absolute Gasteiger partial charge is 0.506 e. The predicted octanol–water partition coefficient (Wildman–Crippen LogP) is 0.555. The van der Waals surface area contributed by atoms with Gasteiger partial charge in [0.2, 0.25) is 0 Å². The summed E-state index contributed by atoms with van der Waals surface area (Å²) >= 11 is 0. The molecule has 0 amide bonds. The van der Waals surface area contributed by atoms with Crippen LogP contribution in [-0.2, 0) is 0 Å². The van der Waals surface area contributed by atoms with Gasteiger partial charge in [0.25, 0.3) is 0 Å². The number of benzene rings is 1. The molecule has 0 radical (unpaired) electrons. The third-order valence-electron chi connectivity index (χ3n) is 1.67. The second kappa shape index (κ2) is 2.78. The van der Waals surface area contributed by atoms with Gasteiger partial charge in [-0.25, -0.2) is 4.68 Å². The van der Waals surface area contributed by atoms with Crippen LogP contribution >= 0.6 is 0 Å². The number of phenols is 1. The van der Waals surface area contributed by atoms with Crippen molar-refractivity contribution in [2.75, 3.05) is 5.73 Å². The van der Waals surface area contributed by atoms with Gasteiger partial charge in [-0.1, -0.05) is 5.21 Å². The van der Waals surface area contributed by atoms with E-state index in [-0.39, 0.29) is 5.75 Å². The Kier molecular flexibility index (Phi) is 1.63.